The normalized spacial score (nSPS) is 11.9. The topological polar surface area (TPSA) is 0 Å². The third-order valence-electron chi connectivity index (χ3n) is 5.27. The van der Waals surface area contributed by atoms with Crippen molar-refractivity contribution in [2.75, 3.05) is 0 Å². The molecule has 0 nitrogen and oxygen atoms in total. The van der Waals surface area contributed by atoms with Crippen LogP contribution < -0.4 is 0 Å². The largest absolute Gasteiger partial charge is 0.0885 e. The van der Waals surface area contributed by atoms with Crippen LogP contribution in [0.3, 0.4) is 0 Å². The van der Waals surface area contributed by atoms with Crippen LogP contribution in [0.5, 0.6) is 0 Å². The van der Waals surface area contributed by atoms with Gasteiger partial charge in [0.1, 0.15) is 0 Å². The van der Waals surface area contributed by atoms with Gasteiger partial charge in [0, 0.05) is 0 Å². The maximum Gasteiger partial charge on any atom is -0.0351 e. The average molecular weight is 363 g/mol. The quantitative estimate of drug-likeness (QED) is 0.141. The molecule has 0 rings (SSSR count). The molecule has 0 spiro atoms. The monoisotopic (exact) mass is 362 g/mol. The fraction of sp³-hybridized carbons (Fsp3) is 0.846. The second kappa shape index (κ2) is 24.5. The summed E-state index contributed by atoms with van der Waals surface area (Å²) in [6.45, 7) is 4.55. The van der Waals surface area contributed by atoms with Crippen LogP contribution in [-0.4, -0.2) is 0 Å². The number of hydrogen-bond acceptors (Lipinski definition) is 0. The lowest BCUT2D eigenvalue weighted by Crippen LogP contribution is -1.82. The zero-order valence-electron chi connectivity index (χ0n) is 18.5. The molecular weight excluding hydrogens is 312 g/mol. The fourth-order valence-electron chi connectivity index (χ4n) is 3.43. The van der Waals surface area contributed by atoms with E-state index in [-0.39, 0.29) is 0 Å². The molecule has 0 unspecified atom stereocenters. The van der Waals surface area contributed by atoms with E-state index in [0.29, 0.717) is 0 Å². The molecule has 0 aliphatic carbocycles. The van der Waals surface area contributed by atoms with E-state index in [1.807, 2.05) is 0 Å². The molecule has 0 saturated heterocycles. The van der Waals surface area contributed by atoms with Crippen LogP contribution in [0.15, 0.2) is 24.3 Å². The van der Waals surface area contributed by atoms with Gasteiger partial charge in [-0.15, -0.1) is 0 Å². The Morgan fingerprint density at radius 3 is 0.808 bits per heavy atom. The highest BCUT2D eigenvalue weighted by atomic mass is 14.0. The van der Waals surface area contributed by atoms with E-state index in [9.17, 15) is 0 Å². The average Bonchev–Trinajstić information content (AvgIpc) is 2.66. The Bertz CT molecular complexity index is 256. The maximum absolute atomic E-state index is 2.41. The summed E-state index contributed by atoms with van der Waals surface area (Å²) in [5.74, 6) is 0. The lowest BCUT2D eigenvalue weighted by molar-refractivity contribution is 0.553. The summed E-state index contributed by atoms with van der Waals surface area (Å²) in [5, 5.41) is 0. The molecular formula is C26H50. The SMILES string of the molecule is CCCCCC=CCCCCCCCCCCCCC=CCCCCC. The Labute approximate surface area is 166 Å². The van der Waals surface area contributed by atoms with Gasteiger partial charge in [-0.3, -0.25) is 0 Å². The van der Waals surface area contributed by atoms with Crippen molar-refractivity contribution in [1.29, 1.82) is 0 Å². The van der Waals surface area contributed by atoms with Crippen molar-refractivity contribution in [3.05, 3.63) is 24.3 Å². The fourth-order valence-corrected chi connectivity index (χ4v) is 3.43. The zero-order chi connectivity index (χ0) is 19.0. The van der Waals surface area contributed by atoms with E-state index >= 15 is 0 Å². The number of allylic oxidation sites excluding steroid dienone is 4. The minimum atomic E-state index is 1.29. The van der Waals surface area contributed by atoms with Crippen LogP contribution in [0.25, 0.3) is 0 Å². The van der Waals surface area contributed by atoms with Crippen molar-refractivity contribution < 1.29 is 0 Å². The minimum absolute atomic E-state index is 1.29. The smallest absolute Gasteiger partial charge is 0.0351 e. The van der Waals surface area contributed by atoms with Crippen LogP contribution in [0.4, 0.5) is 0 Å². The Hall–Kier alpha value is -0.520. The van der Waals surface area contributed by atoms with Crippen molar-refractivity contribution in [2.45, 2.75) is 142 Å². The van der Waals surface area contributed by atoms with Gasteiger partial charge in [0.2, 0.25) is 0 Å². The highest BCUT2D eigenvalue weighted by Gasteiger charge is 1.93. The maximum atomic E-state index is 2.41. The molecule has 0 heterocycles. The number of hydrogen-bond donors (Lipinski definition) is 0. The summed E-state index contributed by atoms with van der Waals surface area (Å²) in [6, 6.07) is 0. The third kappa shape index (κ3) is 23.5. The van der Waals surface area contributed by atoms with Gasteiger partial charge in [-0.25, -0.2) is 0 Å². The van der Waals surface area contributed by atoms with Gasteiger partial charge in [-0.05, 0) is 51.4 Å². The first-order valence-electron chi connectivity index (χ1n) is 12.2. The number of unbranched alkanes of at least 4 members (excludes halogenated alkanes) is 17. The van der Waals surface area contributed by atoms with Crippen LogP contribution in [0.1, 0.15) is 142 Å². The standard InChI is InChI=1S/C26H50/c1-3-5-7-9-11-13-15-17-19-21-23-25-26-24-22-20-18-16-14-12-10-8-6-4-2/h11-14H,3-10,15-26H2,1-2H3. The van der Waals surface area contributed by atoms with Gasteiger partial charge in [0.15, 0.2) is 0 Å². The molecule has 0 N–H and O–H groups in total. The second-order valence-corrected chi connectivity index (χ2v) is 8.05. The Morgan fingerprint density at radius 1 is 0.308 bits per heavy atom. The van der Waals surface area contributed by atoms with Gasteiger partial charge in [0.25, 0.3) is 0 Å². The van der Waals surface area contributed by atoms with E-state index in [1.165, 1.54) is 128 Å². The lowest BCUT2D eigenvalue weighted by atomic mass is 10.0. The summed E-state index contributed by atoms with van der Waals surface area (Å²) >= 11 is 0. The predicted molar refractivity (Wildman–Crippen MR) is 122 cm³/mol. The highest BCUT2D eigenvalue weighted by Crippen LogP contribution is 2.12. The first-order chi connectivity index (χ1) is 12.9. The minimum Gasteiger partial charge on any atom is -0.0885 e. The van der Waals surface area contributed by atoms with Crippen LogP contribution in [0, 0.1) is 0 Å². The molecule has 0 fully saturated rings. The van der Waals surface area contributed by atoms with E-state index in [0.717, 1.165) is 0 Å². The van der Waals surface area contributed by atoms with Crippen molar-refractivity contribution in [2.24, 2.45) is 0 Å². The molecule has 0 amide bonds. The van der Waals surface area contributed by atoms with Crippen LogP contribution in [-0.2, 0) is 0 Å². The van der Waals surface area contributed by atoms with Gasteiger partial charge in [-0.2, -0.15) is 0 Å². The Kier molecular flexibility index (Phi) is 24.0. The Balaban J connectivity index is 3.07. The summed E-state index contributed by atoms with van der Waals surface area (Å²) in [4.78, 5) is 0. The molecule has 0 bridgehead atoms. The molecule has 0 aliphatic rings. The third-order valence-corrected chi connectivity index (χ3v) is 5.27. The van der Waals surface area contributed by atoms with E-state index in [1.54, 1.807) is 0 Å². The van der Waals surface area contributed by atoms with Crippen LogP contribution >= 0.6 is 0 Å². The van der Waals surface area contributed by atoms with Gasteiger partial charge >= 0.3 is 0 Å². The van der Waals surface area contributed by atoms with Gasteiger partial charge < -0.3 is 0 Å². The zero-order valence-corrected chi connectivity index (χ0v) is 18.5. The van der Waals surface area contributed by atoms with E-state index in [4.69, 9.17) is 0 Å². The lowest BCUT2D eigenvalue weighted by Gasteiger charge is -2.02. The van der Waals surface area contributed by atoms with Crippen molar-refractivity contribution in [3.63, 3.8) is 0 Å². The molecule has 154 valence electrons. The first-order valence-corrected chi connectivity index (χ1v) is 12.2. The molecule has 26 heavy (non-hydrogen) atoms. The van der Waals surface area contributed by atoms with E-state index < -0.39 is 0 Å². The van der Waals surface area contributed by atoms with Crippen molar-refractivity contribution in [3.8, 4) is 0 Å². The number of rotatable bonds is 21. The molecule has 0 heteroatoms. The molecule has 0 atom stereocenters. The molecule has 0 aromatic carbocycles. The second-order valence-electron chi connectivity index (χ2n) is 8.05. The summed E-state index contributed by atoms with van der Waals surface area (Å²) in [5.41, 5.74) is 0. The van der Waals surface area contributed by atoms with Gasteiger partial charge in [0.05, 0.1) is 0 Å². The molecule has 0 saturated carbocycles. The molecule has 0 aromatic heterocycles. The van der Waals surface area contributed by atoms with Crippen LogP contribution in [0.2, 0.25) is 0 Å². The molecule has 0 aromatic rings. The first kappa shape index (κ1) is 25.5. The van der Waals surface area contributed by atoms with Gasteiger partial charge in [-0.1, -0.05) is 115 Å². The summed E-state index contributed by atoms with van der Waals surface area (Å²) in [7, 11) is 0. The molecule has 0 aliphatic heterocycles. The summed E-state index contributed by atoms with van der Waals surface area (Å²) < 4.78 is 0. The van der Waals surface area contributed by atoms with Crippen molar-refractivity contribution in [1.82, 2.24) is 0 Å². The predicted octanol–water partition coefficient (Wildman–Crippen LogP) is 9.94. The van der Waals surface area contributed by atoms with Crippen molar-refractivity contribution >= 4 is 0 Å². The molecule has 0 radical (unpaired) electrons. The Morgan fingerprint density at radius 2 is 0.538 bits per heavy atom. The van der Waals surface area contributed by atoms with E-state index in [2.05, 4.69) is 38.2 Å². The highest BCUT2D eigenvalue weighted by molar-refractivity contribution is 4.81. The summed E-state index contributed by atoms with van der Waals surface area (Å²) in [6.07, 6.45) is 37.4.